The van der Waals surface area contributed by atoms with Crippen LogP contribution in [0.4, 0.5) is 15.6 Å². The second-order valence-corrected chi connectivity index (χ2v) is 11.4. The second-order valence-electron chi connectivity index (χ2n) is 10.4. The van der Waals surface area contributed by atoms with Crippen LogP contribution in [0.1, 0.15) is 34.5 Å². The number of piperazine rings is 1. The van der Waals surface area contributed by atoms with Crippen LogP contribution in [0.3, 0.4) is 0 Å². The topological polar surface area (TPSA) is 137 Å². The minimum atomic E-state index is -0.371. The van der Waals surface area contributed by atoms with Gasteiger partial charge >= 0.3 is 6.09 Å². The van der Waals surface area contributed by atoms with Crippen LogP contribution in [0.2, 0.25) is 0 Å². The van der Waals surface area contributed by atoms with Crippen molar-refractivity contribution >= 4 is 44.5 Å². The van der Waals surface area contributed by atoms with Crippen molar-refractivity contribution in [3.8, 4) is 17.3 Å². The van der Waals surface area contributed by atoms with Gasteiger partial charge in [0.2, 0.25) is 0 Å². The van der Waals surface area contributed by atoms with Gasteiger partial charge in [0.25, 0.3) is 5.91 Å². The molecule has 1 N–H and O–H groups in total. The molecule has 1 saturated carbocycles. The van der Waals surface area contributed by atoms with E-state index in [-0.39, 0.29) is 23.5 Å². The fourth-order valence-corrected chi connectivity index (χ4v) is 6.16. The van der Waals surface area contributed by atoms with E-state index in [0.717, 1.165) is 45.7 Å². The molecule has 40 heavy (non-hydrogen) atoms. The van der Waals surface area contributed by atoms with Crippen LogP contribution >= 0.6 is 11.3 Å². The molecule has 200 valence electrons. The van der Waals surface area contributed by atoms with Gasteiger partial charge in [0, 0.05) is 49.5 Å². The maximum atomic E-state index is 13.4. The van der Waals surface area contributed by atoms with Gasteiger partial charge in [-0.1, -0.05) is 17.4 Å². The number of carbonyl (C=O) groups is 2. The molecule has 12 heteroatoms. The number of fused-ring (bicyclic) bond motifs is 2. The molecular formula is C28H24N8O3S. The Kier molecular flexibility index (Phi) is 5.64. The lowest BCUT2D eigenvalue weighted by atomic mass is 9.99. The van der Waals surface area contributed by atoms with Crippen molar-refractivity contribution in [1.29, 1.82) is 5.26 Å². The van der Waals surface area contributed by atoms with Crippen LogP contribution < -0.4 is 10.2 Å². The number of rotatable bonds is 5. The highest BCUT2D eigenvalue weighted by molar-refractivity contribution is 7.22. The number of hydrogen-bond acceptors (Lipinski definition) is 10. The molecule has 4 aromatic heterocycles. The average molecular weight is 553 g/mol. The molecule has 0 spiro atoms. The molecule has 1 atom stereocenters. The van der Waals surface area contributed by atoms with Crippen LogP contribution in [-0.4, -0.2) is 69.1 Å². The molecule has 3 fully saturated rings. The molecule has 7 rings (SSSR count). The number of nitrogens with one attached hydrogen (secondary N) is 1. The number of aromatic nitrogens is 4. The third-order valence-corrected chi connectivity index (χ3v) is 8.67. The maximum Gasteiger partial charge on any atom is 0.410 e. The average Bonchev–Trinajstić information content (AvgIpc) is 3.55. The van der Waals surface area contributed by atoms with Gasteiger partial charge < -0.3 is 9.64 Å². The first-order valence-electron chi connectivity index (χ1n) is 13.0. The first-order chi connectivity index (χ1) is 19.4. The highest BCUT2D eigenvalue weighted by Gasteiger charge is 2.45. The minimum absolute atomic E-state index is 0.0398. The first kappa shape index (κ1) is 24.4. The molecule has 4 aromatic rings. The zero-order chi connectivity index (χ0) is 27.4. The van der Waals surface area contributed by atoms with E-state index in [1.54, 1.807) is 23.5 Å². The van der Waals surface area contributed by atoms with Gasteiger partial charge in [0.15, 0.2) is 10.8 Å². The van der Waals surface area contributed by atoms with Gasteiger partial charge in [0.1, 0.15) is 6.61 Å². The molecule has 0 aromatic carbocycles. The van der Waals surface area contributed by atoms with Gasteiger partial charge in [-0.15, -0.1) is 0 Å². The molecule has 6 heterocycles. The number of aryl methyl sites for hydroxylation is 1. The third-order valence-electron chi connectivity index (χ3n) is 7.76. The molecule has 11 nitrogen and oxygen atoms in total. The number of nitriles is 1. The normalized spacial score (nSPS) is 19.2. The van der Waals surface area contributed by atoms with Crippen molar-refractivity contribution in [2.45, 2.75) is 31.2 Å². The highest BCUT2D eigenvalue weighted by Crippen LogP contribution is 2.47. The molecule has 2 amide bonds. The van der Waals surface area contributed by atoms with Crippen molar-refractivity contribution < 1.29 is 14.3 Å². The van der Waals surface area contributed by atoms with Crippen molar-refractivity contribution in [3.05, 3.63) is 59.7 Å². The third kappa shape index (κ3) is 4.19. The summed E-state index contributed by atoms with van der Waals surface area (Å²) in [5.74, 6) is -0.313. The number of nitrogens with zero attached hydrogens (tertiary/aromatic N) is 7. The van der Waals surface area contributed by atoms with Crippen LogP contribution in [0.15, 0.2) is 42.9 Å². The lowest BCUT2D eigenvalue weighted by Gasteiger charge is -2.37. The number of pyridine rings is 3. The summed E-state index contributed by atoms with van der Waals surface area (Å²) in [6.45, 7) is 3.94. The molecule has 2 saturated heterocycles. The van der Waals surface area contributed by atoms with Crippen LogP contribution in [0.25, 0.3) is 21.6 Å². The van der Waals surface area contributed by atoms with Crippen LogP contribution in [0.5, 0.6) is 0 Å². The number of carbonyl (C=O) groups excluding carboxylic acids is 2. The molecular weight excluding hydrogens is 528 g/mol. The SMILES string of the molecule is Cc1cc(N2CCN3C(=O)OC[C@@H]3C2)c(C(=O)Nc2nc3ncc(-c4ccc(C5(C#N)CC5)cn4)cc3s2)cn1. The van der Waals surface area contributed by atoms with E-state index in [4.69, 9.17) is 4.74 Å². The van der Waals surface area contributed by atoms with Gasteiger partial charge in [-0.2, -0.15) is 10.2 Å². The molecule has 1 aliphatic carbocycles. The van der Waals surface area contributed by atoms with Gasteiger partial charge in [-0.25, -0.2) is 9.78 Å². The summed E-state index contributed by atoms with van der Waals surface area (Å²) in [6.07, 6.45) is 6.55. The number of thiazole rings is 1. The number of hydrogen-bond donors (Lipinski definition) is 1. The Hall–Kier alpha value is -4.63. The van der Waals surface area contributed by atoms with Gasteiger partial charge in [-0.3, -0.25) is 25.0 Å². The monoisotopic (exact) mass is 552 g/mol. The summed E-state index contributed by atoms with van der Waals surface area (Å²) in [6, 6.07) is 10.1. The Bertz CT molecular complexity index is 1710. The number of cyclic esters (lactones) is 1. The molecule has 0 unspecified atom stereocenters. The Morgan fingerprint density at radius 3 is 2.83 bits per heavy atom. The fraction of sp³-hybridized carbons (Fsp3) is 0.321. The Morgan fingerprint density at radius 2 is 2.05 bits per heavy atom. The maximum absolute atomic E-state index is 13.4. The van der Waals surface area contributed by atoms with Crippen molar-refractivity contribution in [2.24, 2.45) is 0 Å². The lowest BCUT2D eigenvalue weighted by molar-refractivity contribution is 0.102. The van der Waals surface area contributed by atoms with E-state index in [2.05, 4.69) is 36.2 Å². The zero-order valence-corrected chi connectivity index (χ0v) is 22.4. The van der Waals surface area contributed by atoms with Gasteiger partial charge in [0.05, 0.1) is 39.2 Å². The van der Waals surface area contributed by atoms with Crippen LogP contribution in [-0.2, 0) is 10.2 Å². The number of anilines is 2. The molecule has 2 aliphatic heterocycles. The van der Waals surface area contributed by atoms with E-state index in [0.29, 0.717) is 42.6 Å². The Labute approximate surface area is 233 Å². The van der Waals surface area contributed by atoms with Crippen LogP contribution in [0, 0.1) is 18.3 Å². The molecule has 0 radical (unpaired) electrons. The van der Waals surface area contributed by atoms with E-state index in [9.17, 15) is 14.9 Å². The smallest absolute Gasteiger partial charge is 0.410 e. The zero-order valence-electron chi connectivity index (χ0n) is 21.6. The minimum Gasteiger partial charge on any atom is -0.447 e. The summed E-state index contributed by atoms with van der Waals surface area (Å²) < 4.78 is 6.01. The number of amides is 2. The van der Waals surface area contributed by atoms with Crippen molar-refractivity contribution in [1.82, 2.24) is 24.8 Å². The van der Waals surface area contributed by atoms with E-state index < -0.39 is 0 Å². The summed E-state index contributed by atoms with van der Waals surface area (Å²) in [5.41, 5.74) is 4.71. The van der Waals surface area contributed by atoms with E-state index in [1.165, 1.54) is 11.3 Å². The summed E-state index contributed by atoms with van der Waals surface area (Å²) in [4.78, 5) is 47.1. The van der Waals surface area contributed by atoms with E-state index >= 15 is 0 Å². The fourth-order valence-electron chi connectivity index (χ4n) is 5.30. The molecule has 3 aliphatic rings. The second kappa shape index (κ2) is 9.24. The standard InChI is InChI=1S/C28H24N8O3S/c1-16-8-22(35-6-7-36-19(13-35)14-39-27(36)38)20(12-30-16)25(37)34-26-33-24-23(40-26)9-17(10-32-24)21-3-2-18(11-31-21)28(15-29)4-5-28/h2-3,8-12,19H,4-7,13-14H2,1H3,(H,32,33,34,37)/t19-/m0/s1. The molecule has 0 bridgehead atoms. The van der Waals surface area contributed by atoms with Gasteiger partial charge in [-0.05, 0) is 43.5 Å². The lowest BCUT2D eigenvalue weighted by Crippen LogP contribution is -2.52. The Morgan fingerprint density at radius 1 is 1.18 bits per heavy atom. The van der Waals surface area contributed by atoms with E-state index in [1.807, 2.05) is 31.2 Å². The predicted octanol–water partition coefficient (Wildman–Crippen LogP) is 3.91. The summed E-state index contributed by atoms with van der Waals surface area (Å²) in [5, 5.41) is 12.8. The van der Waals surface area contributed by atoms with Crippen molar-refractivity contribution in [3.63, 3.8) is 0 Å². The summed E-state index contributed by atoms with van der Waals surface area (Å²) in [7, 11) is 0. The Balaban J connectivity index is 1.11. The summed E-state index contributed by atoms with van der Waals surface area (Å²) >= 11 is 1.34. The van der Waals surface area contributed by atoms with Crippen molar-refractivity contribution in [2.75, 3.05) is 36.5 Å². The highest BCUT2D eigenvalue weighted by atomic mass is 32.1. The first-order valence-corrected chi connectivity index (χ1v) is 13.9. The predicted molar refractivity (Wildman–Crippen MR) is 148 cm³/mol. The number of ether oxygens (including phenoxy) is 1. The quantitative estimate of drug-likeness (QED) is 0.391. The largest absolute Gasteiger partial charge is 0.447 e.